The predicted octanol–water partition coefficient (Wildman–Crippen LogP) is 4.54. The lowest BCUT2D eigenvalue weighted by atomic mass is 9.64. The van der Waals surface area contributed by atoms with Crippen molar-refractivity contribution in [1.82, 2.24) is 0 Å². The Morgan fingerprint density at radius 1 is 0.708 bits per heavy atom. The van der Waals surface area contributed by atoms with Gasteiger partial charge >= 0.3 is 0 Å². The molecule has 0 unspecified atom stereocenters. The number of hydrogen-bond acceptors (Lipinski definition) is 2. The second-order valence-electron chi connectivity index (χ2n) is 7.37. The fourth-order valence-electron chi connectivity index (χ4n) is 4.36. The number of rotatable bonds is 4. The van der Waals surface area contributed by atoms with E-state index in [1.165, 1.54) is 41.5 Å². The van der Waals surface area contributed by atoms with Crippen molar-refractivity contribution < 1.29 is 10.2 Å². The topological polar surface area (TPSA) is 40.5 Å². The Kier molecular flexibility index (Phi) is 5.07. The third-order valence-electron chi connectivity index (χ3n) is 5.45. The van der Waals surface area contributed by atoms with E-state index in [1.54, 1.807) is 0 Å². The Hall–Kier alpha value is -1.64. The van der Waals surface area contributed by atoms with Gasteiger partial charge in [-0.2, -0.15) is 0 Å². The molecule has 128 valence electrons. The van der Waals surface area contributed by atoms with Gasteiger partial charge in [0, 0.05) is 5.41 Å². The predicted molar refractivity (Wildman–Crippen MR) is 98.1 cm³/mol. The first-order valence-corrected chi connectivity index (χ1v) is 9.01. The number of aliphatic hydroxyl groups excluding tert-OH is 2. The van der Waals surface area contributed by atoms with Crippen LogP contribution in [0.2, 0.25) is 0 Å². The molecular weight excluding hydrogens is 296 g/mol. The van der Waals surface area contributed by atoms with Crippen LogP contribution in [0.15, 0.2) is 36.4 Å². The first kappa shape index (κ1) is 17.2. The van der Waals surface area contributed by atoms with Crippen LogP contribution in [-0.4, -0.2) is 10.2 Å². The van der Waals surface area contributed by atoms with E-state index in [0.29, 0.717) is 0 Å². The fourth-order valence-corrected chi connectivity index (χ4v) is 4.36. The molecule has 3 rings (SSSR count). The van der Waals surface area contributed by atoms with Crippen LogP contribution in [0.5, 0.6) is 0 Å². The van der Waals surface area contributed by atoms with E-state index < -0.39 is 0 Å². The summed E-state index contributed by atoms with van der Waals surface area (Å²) in [4.78, 5) is 0. The molecule has 2 heteroatoms. The van der Waals surface area contributed by atoms with Crippen molar-refractivity contribution in [2.75, 3.05) is 0 Å². The molecule has 0 heterocycles. The van der Waals surface area contributed by atoms with Crippen molar-refractivity contribution in [3.05, 3.63) is 69.8 Å². The van der Waals surface area contributed by atoms with E-state index in [1.807, 2.05) is 0 Å². The van der Waals surface area contributed by atoms with Crippen LogP contribution in [0.3, 0.4) is 0 Å². The summed E-state index contributed by atoms with van der Waals surface area (Å²) in [6, 6.07) is 13.1. The summed E-state index contributed by atoms with van der Waals surface area (Å²) in [5.74, 6) is 0. The summed E-state index contributed by atoms with van der Waals surface area (Å²) in [5, 5.41) is 19.3. The zero-order valence-corrected chi connectivity index (χ0v) is 14.8. The second-order valence-corrected chi connectivity index (χ2v) is 7.37. The Morgan fingerprint density at radius 3 is 1.58 bits per heavy atom. The number of benzene rings is 2. The maximum Gasteiger partial charge on any atom is 0.0682 e. The van der Waals surface area contributed by atoms with Crippen LogP contribution < -0.4 is 0 Å². The van der Waals surface area contributed by atoms with Crippen molar-refractivity contribution in [3.63, 3.8) is 0 Å². The monoisotopic (exact) mass is 324 g/mol. The summed E-state index contributed by atoms with van der Waals surface area (Å²) in [5.41, 5.74) is 7.04. The molecule has 0 amide bonds. The summed E-state index contributed by atoms with van der Waals surface area (Å²) >= 11 is 0. The number of hydrogen-bond donors (Lipinski definition) is 2. The van der Waals surface area contributed by atoms with Gasteiger partial charge in [0.15, 0.2) is 0 Å². The average molecular weight is 324 g/mol. The minimum Gasteiger partial charge on any atom is -0.392 e. The van der Waals surface area contributed by atoms with Crippen LogP contribution in [0, 0.1) is 13.8 Å². The van der Waals surface area contributed by atoms with Crippen LogP contribution in [0.1, 0.15) is 65.5 Å². The van der Waals surface area contributed by atoms with Gasteiger partial charge in [0.1, 0.15) is 0 Å². The lowest BCUT2D eigenvalue weighted by Crippen LogP contribution is -2.31. The molecule has 1 aliphatic carbocycles. The van der Waals surface area contributed by atoms with Crippen LogP contribution in [0.25, 0.3) is 0 Å². The number of aryl methyl sites for hydroxylation is 2. The normalized spacial score (nSPS) is 17.0. The minimum absolute atomic E-state index is 0.00410. The van der Waals surface area contributed by atoms with Gasteiger partial charge in [0.05, 0.1) is 13.2 Å². The molecular formula is C22H28O2. The molecule has 2 aromatic carbocycles. The summed E-state index contributed by atoms with van der Waals surface area (Å²) < 4.78 is 0. The molecule has 1 saturated carbocycles. The first-order valence-electron chi connectivity index (χ1n) is 9.01. The highest BCUT2D eigenvalue weighted by molar-refractivity contribution is 5.45. The third-order valence-corrected chi connectivity index (χ3v) is 5.45. The van der Waals surface area contributed by atoms with E-state index in [4.69, 9.17) is 0 Å². The maximum absolute atomic E-state index is 9.63. The first-order chi connectivity index (χ1) is 11.6. The molecule has 2 aromatic rings. The third kappa shape index (κ3) is 3.26. The van der Waals surface area contributed by atoms with Crippen molar-refractivity contribution in [2.24, 2.45) is 0 Å². The Balaban J connectivity index is 2.18. The minimum atomic E-state index is 0.00410. The molecule has 1 fully saturated rings. The van der Waals surface area contributed by atoms with Gasteiger partial charge in [-0.3, -0.25) is 0 Å². The Morgan fingerprint density at radius 2 is 1.17 bits per heavy atom. The molecule has 0 bridgehead atoms. The summed E-state index contributed by atoms with van der Waals surface area (Å²) in [6.07, 6.45) is 6.01. The van der Waals surface area contributed by atoms with Crippen LogP contribution >= 0.6 is 0 Å². The highest BCUT2D eigenvalue weighted by Gasteiger charge is 2.36. The fraction of sp³-hybridized carbons (Fsp3) is 0.455. The number of aliphatic hydroxyl groups is 2. The highest BCUT2D eigenvalue weighted by Crippen LogP contribution is 2.45. The maximum atomic E-state index is 9.63. The molecule has 1 aliphatic rings. The SMILES string of the molecule is Cc1cc(CO)cc(C2(c3cc(C)cc(CO)c3)CCCCC2)c1. The van der Waals surface area contributed by atoms with Crippen LogP contribution in [-0.2, 0) is 18.6 Å². The molecule has 0 radical (unpaired) electrons. The molecule has 24 heavy (non-hydrogen) atoms. The van der Waals surface area contributed by atoms with Gasteiger partial charge in [-0.1, -0.05) is 66.8 Å². The zero-order chi connectivity index (χ0) is 17.2. The lowest BCUT2D eigenvalue weighted by Gasteiger charge is -2.39. The van der Waals surface area contributed by atoms with Gasteiger partial charge in [-0.25, -0.2) is 0 Å². The molecule has 0 atom stereocenters. The second kappa shape index (κ2) is 7.08. The van der Waals surface area contributed by atoms with Gasteiger partial charge in [0.2, 0.25) is 0 Å². The molecule has 0 spiro atoms. The van der Waals surface area contributed by atoms with Crippen molar-refractivity contribution in [1.29, 1.82) is 0 Å². The summed E-state index contributed by atoms with van der Waals surface area (Å²) in [6.45, 7) is 4.38. The largest absolute Gasteiger partial charge is 0.392 e. The Bertz CT molecular complexity index is 656. The smallest absolute Gasteiger partial charge is 0.0682 e. The molecule has 0 saturated heterocycles. The van der Waals surface area contributed by atoms with Crippen LogP contribution in [0.4, 0.5) is 0 Å². The van der Waals surface area contributed by atoms with Crippen molar-refractivity contribution in [2.45, 2.75) is 64.6 Å². The van der Waals surface area contributed by atoms with E-state index >= 15 is 0 Å². The van der Waals surface area contributed by atoms with Crippen molar-refractivity contribution in [3.8, 4) is 0 Å². The van der Waals surface area contributed by atoms with E-state index in [9.17, 15) is 10.2 Å². The van der Waals surface area contributed by atoms with Gasteiger partial charge in [0.25, 0.3) is 0 Å². The zero-order valence-electron chi connectivity index (χ0n) is 14.8. The van der Waals surface area contributed by atoms with E-state index in [2.05, 4.69) is 50.2 Å². The van der Waals surface area contributed by atoms with E-state index in [0.717, 1.165) is 24.0 Å². The highest BCUT2D eigenvalue weighted by atomic mass is 16.3. The van der Waals surface area contributed by atoms with Gasteiger partial charge < -0.3 is 10.2 Å². The van der Waals surface area contributed by atoms with Crippen molar-refractivity contribution >= 4 is 0 Å². The molecule has 2 nitrogen and oxygen atoms in total. The van der Waals surface area contributed by atoms with Gasteiger partial charge in [-0.05, 0) is 48.9 Å². The molecule has 2 N–H and O–H groups in total. The van der Waals surface area contributed by atoms with Gasteiger partial charge in [-0.15, -0.1) is 0 Å². The summed E-state index contributed by atoms with van der Waals surface area (Å²) in [7, 11) is 0. The molecule has 0 aromatic heterocycles. The molecule has 0 aliphatic heterocycles. The average Bonchev–Trinajstić information content (AvgIpc) is 2.61. The lowest BCUT2D eigenvalue weighted by molar-refractivity contribution is 0.280. The quantitative estimate of drug-likeness (QED) is 0.867. The van der Waals surface area contributed by atoms with E-state index in [-0.39, 0.29) is 18.6 Å². The standard InChI is InChI=1S/C22H28O2/c1-16-8-18(14-23)12-20(10-16)22(6-4-3-5-7-22)21-11-17(2)9-19(13-21)15-24/h8-13,23-24H,3-7,14-15H2,1-2H3. The Labute approximate surface area is 145 Å².